The summed E-state index contributed by atoms with van der Waals surface area (Å²) in [4.78, 5) is 10.2. The molecule has 0 spiro atoms. The van der Waals surface area contributed by atoms with E-state index in [1.54, 1.807) is 6.08 Å². The lowest BCUT2D eigenvalue weighted by molar-refractivity contribution is -0.138. The maximum atomic E-state index is 11.0. The van der Waals surface area contributed by atoms with Crippen molar-refractivity contribution in [3.63, 3.8) is 0 Å². The molecule has 0 aromatic heterocycles. The molecule has 0 saturated carbocycles. The number of hydrogen-bond donors (Lipinski definition) is 2. The number of carbonyl (C=O) groups is 1. The van der Waals surface area contributed by atoms with Crippen LogP contribution in [0.3, 0.4) is 0 Å². The fourth-order valence-corrected chi connectivity index (χ4v) is 1.54. The summed E-state index contributed by atoms with van der Waals surface area (Å²) in [5.74, 6) is -0.336. The molecule has 0 fully saturated rings. The molecule has 0 radical (unpaired) electrons. The molecule has 0 bridgehead atoms. The van der Waals surface area contributed by atoms with Crippen LogP contribution in [0.5, 0.6) is 0 Å². The second-order valence-electron chi connectivity index (χ2n) is 2.33. The van der Waals surface area contributed by atoms with Crippen molar-refractivity contribution in [2.75, 3.05) is 11.5 Å². The minimum Gasteiger partial charge on any atom is -0.480 e. The number of rotatable bonds is 6. The first-order chi connectivity index (χ1) is 5.57. The van der Waals surface area contributed by atoms with E-state index in [0.29, 0.717) is 11.5 Å². The van der Waals surface area contributed by atoms with Gasteiger partial charge in [0.1, 0.15) is 6.04 Å². The van der Waals surface area contributed by atoms with Gasteiger partial charge in [0.05, 0.1) is 0 Å². The second-order valence-corrected chi connectivity index (χ2v) is 3.95. The fraction of sp³-hybridized carbons (Fsp3) is 0.571. The van der Waals surface area contributed by atoms with Crippen LogP contribution >= 0.6 is 0 Å². The highest BCUT2D eigenvalue weighted by Gasteiger charge is 2.11. The quantitative estimate of drug-likeness (QED) is 0.566. The average Bonchev–Trinajstić information content (AvgIpc) is 2.00. The van der Waals surface area contributed by atoms with Crippen LogP contribution in [0.25, 0.3) is 0 Å². The van der Waals surface area contributed by atoms with Crippen molar-refractivity contribution in [3.05, 3.63) is 12.7 Å². The van der Waals surface area contributed by atoms with Gasteiger partial charge in [0, 0.05) is 22.3 Å². The zero-order chi connectivity index (χ0) is 9.56. The zero-order valence-corrected chi connectivity index (χ0v) is 7.55. The van der Waals surface area contributed by atoms with Gasteiger partial charge in [0.2, 0.25) is 0 Å². The minimum atomic E-state index is -1.05. The van der Waals surface area contributed by atoms with Crippen LogP contribution in [0, 0.1) is 0 Å². The van der Waals surface area contributed by atoms with Crippen LogP contribution in [-0.4, -0.2) is 32.8 Å². The molecule has 0 unspecified atom stereocenters. The molecule has 0 amide bonds. The molecule has 70 valence electrons. The van der Waals surface area contributed by atoms with Crippen molar-refractivity contribution in [2.45, 2.75) is 12.5 Å². The summed E-state index contributed by atoms with van der Waals surface area (Å²) in [6.07, 6.45) is 1.79. The third-order valence-electron chi connectivity index (χ3n) is 1.28. The Bertz CT molecular complexity index is 193. The summed E-state index contributed by atoms with van der Waals surface area (Å²) in [5, 5.41) is 8.38. The van der Waals surface area contributed by atoms with Crippen molar-refractivity contribution in [2.24, 2.45) is 5.73 Å². The Balaban J connectivity index is 3.60. The predicted molar refractivity (Wildman–Crippen MR) is 48.3 cm³/mol. The summed E-state index contributed by atoms with van der Waals surface area (Å²) in [5.41, 5.74) is 5.20. The van der Waals surface area contributed by atoms with Gasteiger partial charge in [-0.2, -0.15) is 0 Å². The first-order valence-electron chi connectivity index (χ1n) is 3.52. The first-order valence-corrected chi connectivity index (χ1v) is 5.01. The molecule has 0 aliphatic carbocycles. The number of nitrogens with two attached hydrogens (primary N) is 1. The maximum absolute atomic E-state index is 11.0. The fourth-order valence-electron chi connectivity index (χ4n) is 0.597. The van der Waals surface area contributed by atoms with Crippen LogP contribution < -0.4 is 5.73 Å². The van der Waals surface area contributed by atoms with Crippen molar-refractivity contribution in [3.8, 4) is 0 Å². The lowest BCUT2D eigenvalue weighted by atomic mass is 10.2. The van der Waals surface area contributed by atoms with E-state index in [4.69, 9.17) is 10.8 Å². The number of hydrogen-bond acceptors (Lipinski definition) is 3. The van der Waals surface area contributed by atoms with Gasteiger partial charge >= 0.3 is 5.97 Å². The largest absolute Gasteiger partial charge is 0.480 e. The van der Waals surface area contributed by atoms with E-state index in [2.05, 4.69) is 6.58 Å². The highest BCUT2D eigenvalue weighted by Crippen LogP contribution is 1.93. The SMILES string of the molecule is C=CC[S@@](=O)CC[C@H](N)C(=O)O. The third kappa shape index (κ3) is 5.03. The summed E-state index contributed by atoms with van der Waals surface area (Å²) in [6, 6.07) is -0.904. The molecule has 0 rings (SSSR count). The molecule has 2 atom stereocenters. The van der Waals surface area contributed by atoms with E-state index in [-0.39, 0.29) is 6.42 Å². The zero-order valence-electron chi connectivity index (χ0n) is 6.73. The van der Waals surface area contributed by atoms with E-state index in [0.717, 1.165) is 0 Å². The third-order valence-corrected chi connectivity index (χ3v) is 2.58. The molecule has 4 nitrogen and oxygen atoms in total. The lowest BCUT2D eigenvalue weighted by Crippen LogP contribution is -2.31. The monoisotopic (exact) mass is 191 g/mol. The van der Waals surface area contributed by atoms with Crippen LogP contribution in [0.4, 0.5) is 0 Å². The molecule has 5 heteroatoms. The molecule has 3 N–H and O–H groups in total. The Morgan fingerprint density at radius 3 is 2.75 bits per heavy atom. The van der Waals surface area contributed by atoms with Gasteiger partial charge in [-0.15, -0.1) is 6.58 Å². The predicted octanol–water partition coefficient (Wildman–Crippen LogP) is -0.277. The molecule has 0 saturated heterocycles. The molecular weight excluding hydrogens is 178 g/mol. The smallest absolute Gasteiger partial charge is 0.320 e. The standard InChI is InChI=1S/C7H13NO3S/c1-2-4-12(11)5-3-6(8)7(9)10/h2,6H,1,3-5,8H2,(H,9,10)/t6-,12+/m0/s1. The lowest BCUT2D eigenvalue weighted by Gasteiger charge is -2.04. The van der Waals surface area contributed by atoms with Gasteiger partial charge in [0.15, 0.2) is 0 Å². The van der Waals surface area contributed by atoms with Gasteiger partial charge in [-0.1, -0.05) is 6.08 Å². The molecule has 0 aromatic rings. The molecule has 12 heavy (non-hydrogen) atoms. The Kier molecular flexibility index (Phi) is 5.57. The van der Waals surface area contributed by atoms with Crippen molar-refractivity contribution in [1.82, 2.24) is 0 Å². The van der Waals surface area contributed by atoms with Gasteiger partial charge in [-0.25, -0.2) is 0 Å². The van der Waals surface area contributed by atoms with Crippen LogP contribution in [0.15, 0.2) is 12.7 Å². The minimum absolute atomic E-state index is 0.246. The van der Waals surface area contributed by atoms with Crippen molar-refractivity contribution < 1.29 is 14.1 Å². The van der Waals surface area contributed by atoms with Gasteiger partial charge in [-0.05, 0) is 6.42 Å². The van der Waals surface area contributed by atoms with E-state index in [1.807, 2.05) is 0 Å². The maximum Gasteiger partial charge on any atom is 0.320 e. The molecular formula is C7H13NO3S. The van der Waals surface area contributed by atoms with E-state index in [1.165, 1.54) is 0 Å². The van der Waals surface area contributed by atoms with Gasteiger partial charge in [-0.3, -0.25) is 9.00 Å². The summed E-state index contributed by atoms with van der Waals surface area (Å²) in [6.45, 7) is 3.42. The van der Waals surface area contributed by atoms with Crippen LogP contribution in [0.1, 0.15) is 6.42 Å². The average molecular weight is 191 g/mol. The Hall–Kier alpha value is -0.680. The molecule has 0 aliphatic heterocycles. The van der Waals surface area contributed by atoms with Gasteiger partial charge < -0.3 is 10.8 Å². The van der Waals surface area contributed by atoms with Crippen LogP contribution in [-0.2, 0) is 15.6 Å². The normalized spacial score (nSPS) is 15.1. The van der Waals surface area contributed by atoms with E-state index in [9.17, 15) is 9.00 Å². The summed E-state index contributed by atoms with van der Waals surface area (Å²) < 4.78 is 11.0. The summed E-state index contributed by atoms with van der Waals surface area (Å²) >= 11 is 0. The van der Waals surface area contributed by atoms with E-state index < -0.39 is 22.8 Å². The highest BCUT2D eigenvalue weighted by molar-refractivity contribution is 7.85. The molecule has 0 aliphatic rings. The second kappa shape index (κ2) is 5.91. The Morgan fingerprint density at radius 1 is 1.75 bits per heavy atom. The molecule has 0 aromatic carbocycles. The topological polar surface area (TPSA) is 80.4 Å². The van der Waals surface area contributed by atoms with Crippen molar-refractivity contribution in [1.29, 1.82) is 0 Å². The van der Waals surface area contributed by atoms with Crippen LogP contribution in [0.2, 0.25) is 0 Å². The molecule has 0 heterocycles. The summed E-state index contributed by atoms with van der Waals surface area (Å²) in [7, 11) is -1.02. The Labute approximate surface area is 73.9 Å². The number of carboxylic acid groups (broad SMARTS) is 1. The van der Waals surface area contributed by atoms with E-state index >= 15 is 0 Å². The van der Waals surface area contributed by atoms with Gasteiger partial charge in [0.25, 0.3) is 0 Å². The number of carboxylic acids is 1. The Morgan fingerprint density at radius 2 is 2.33 bits per heavy atom. The first kappa shape index (κ1) is 11.3. The highest BCUT2D eigenvalue weighted by atomic mass is 32.2. The number of aliphatic carboxylic acids is 1. The van der Waals surface area contributed by atoms with Crippen molar-refractivity contribution >= 4 is 16.8 Å².